The molecule has 0 saturated carbocycles. The van der Waals surface area contributed by atoms with Crippen molar-refractivity contribution in [1.82, 2.24) is 25.0 Å². The molecule has 1 N–H and O–H groups in total. The maximum absolute atomic E-state index is 12.3. The second kappa shape index (κ2) is 10.1. The third kappa shape index (κ3) is 5.66. The lowest BCUT2D eigenvalue weighted by atomic mass is 10.0. The monoisotopic (exact) mass is 355 g/mol. The summed E-state index contributed by atoms with van der Waals surface area (Å²) in [5.41, 5.74) is 1.29. The van der Waals surface area contributed by atoms with Gasteiger partial charge in [0.05, 0.1) is 6.04 Å². The van der Waals surface area contributed by atoms with Crippen LogP contribution < -0.4 is 5.32 Å². The van der Waals surface area contributed by atoms with Gasteiger partial charge in [-0.15, -0.1) is 0 Å². The molecule has 1 aliphatic heterocycles. The van der Waals surface area contributed by atoms with Crippen LogP contribution in [0.1, 0.15) is 50.1 Å². The van der Waals surface area contributed by atoms with E-state index >= 15 is 0 Å². The number of hydrogen-bond donors (Lipinski definition) is 1. The van der Waals surface area contributed by atoms with E-state index in [0.717, 1.165) is 26.1 Å². The van der Waals surface area contributed by atoms with E-state index < -0.39 is 0 Å². The molecule has 1 amide bonds. The fourth-order valence-corrected chi connectivity index (χ4v) is 3.59. The van der Waals surface area contributed by atoms with E-state index in [4.69, 9.17) is 0 Å². The molecule has 1 aromatic carbocycles. The highest BCUT2D eigenvalue weighted by Gasteiger charge is 2.21. The van der Waals surface area contributed by atoms with Crippen molar-refractivity contribution < 1.29 is 4.79 Å². The number of aromatic nitrogens is 3. The van der Waals surface area contributed by atoms with Crippen molar-refractivity contribution in [1.29, 1.82) is 0 Å². The van der Waals surface area contributed by atoms with Crippen molar-refractivity contribution in [2.24, 2.45) is 0 Å². The smallest absolute Gasteiger partial charge is 0.220 e. The lowest BCUT2D eigenvalue weighted by molar-refractivity contribution is -0.121. The topological polar surface area (TPSA) is 63.1 Å². The molecule has 6 heteroatoms. The summed E-state index contributed by atoms with van der Waals surface area (Å²) in [4.78, 5) is 18.7. The van der Waals surface area contributed by atoms with Gasteiger partial charge in [-0.3, -0.25) is 14.4 Å². The molecule has 1 saturated heterocycles. The number of rotatable bonds is 8. The van der Waals surface area contributed by atoms with Crippen LogP contribution in [0, 0.1) is 0 Å². The Balaban J connectivity index is 1.52. The number of nitrogens with one attached hydrogen (secondary N) is 1. The molecule has 2 aromatic rings. The quantitative estimate of drug-likeness (QED) is 0.791. The third-order valence-corrected chi connectivity index (χ3v) is 5.02. The molecule has 0 unspecified atom stereocenters. The second-order valence-electron chi connectivity index (χ2n) is 6.94. The van der Waals surface area contributed by atoms with Crippen molar-refractivity contribution in [2.45, 2.75) is 51.1 Å². The number of amides is 1. The molecule has 1 aromatic heterocycles. The van der Waals surface area contributed by atoms with Crippen molar-refractivity contribution in [3.63, 3.8) is 0 Å². The Labute approximate surface area is 155 Å². The predicted octanol–water partition coefficient (Wildman–Crippen LogP) is 2.79. The molecule has 26 heavy (non-hydrogen) atoms. The predicted molar refractivity (Wildman–Crippen MR) is 101 cm³/mol. The number of benzene rings is 1. The summed E-state index contributed by atoms with van der Waals surface area (Å²) in [6.45, 7) is 3.62. The molecule has 1 fully saturated rings. The minimum absolute atomic E-state index is 0.112. The highest BCUT2D eigenvalue weighted by molar-refractivity contribution is 5.75. The van der Waals surface area contributed by atoms with Crippen LogP contribution in [0.25, 0.3) is 0 Å². The first-order chi connectivity index (χ1) is 12.8. The Hall–Kier alpha value is -2.21. The standard InChI is InChI=1S/C20H29N5O/c26-20(11-8-14-25-17-21-16-23-25)22-15-19(18-9-4-3-5-10-18)24-12-6-1-2-7-13-24/h3-5,9-10,16-17,19H,1-2,6-8,11-15H2,(H,22,26)/t19-/m1/s1. The SMILES string of the molecule is O=C(CCCn1cncn1)NC[C@H](c1ccccc1)N1CCCCCC1. The van der Waals surface area contributed by atoms with E-state index in [1.807, 2.05) is 6.07 Å². The molecule has 1 aliphatic rings. The van der Waals surface area contributed by atoms with Gasteiger partial charge in [0.1, 0.15) is 12.7 Å². The summed E-state index contributed by atoms with van der Waals surface area (Å²) in [7, 11) is 0. The molecule has 6 nitrogen and oxygen atoms in total. The van der Waals surface area contributed by atoms with Gasteiger partial charge in [-0.25, -0.2) is 4.98 Å². The summed E-state index contributed by atoms with van der Waals surface area (Å²) in [6, 6.07) is 10.8. The molecule has 3 rings (SSSR count). The second-order valence-corrected chi connectivity index (χ2v) is 6.94. The van der Waals surface area contributed by atoms with Crippen LogP contribution in [0.4, 0.5) is 0 Å². The summed E-state index contributed by atoms with van der Waals surface area (Å²) < 4.78 is 1.76. The minimum Gasteiger partial charge on any atom is -0.354 e. The van der Waals surface area contributed by atoms with Crippen LogP contribution in [0.15, 0.2) is 43.0 Å². The van der Waals surface area contributed by atoms with E-state index in [0.29, 0.717) is 13.0 Å². The number of aryl methyl sites for hydroxylation is 1. The number of likely N-dealkylation sites (tertiary alicyclic amines) is 1. The lowest BCUT2D eigenvalue weighted by Gasteiger charge is -2.31. The Bertz CT molecular complexity index is 635. The Kier molecular flexibility index (Phi) is 7.19. The van der Waals surface area contributed by atoms with Crippen LogP contribution >= 0.6 is 0 Å². The highest BCUT2D eigenvalue weighted by atomic mass is 16.1. The van der Waals surface area contributed by atoms with Gasteiger partial charge in [0, 0.05) is 19.5 Å². The van der Waals surface area contributed by atoms with Gasteiger partial charge in [0.15, 0.2) is 0 Å². The normalized spacial score (nSPS) is 16.8. The van der Waals surface area contributed by atoms with Gasteiger partial charge in [0.2, 0.25) is 5.91 Å². The molecular formula is C20H29N5O. The largest absolute Gasteiger partial charge is 0.354 e. The Morgan fingerprint density at radius 2 is 1.88 bits per heavy atom. The van der Waals surface area contributed by atoms with E-state index in [-0.39, 0.29) is 11.9 Å². The van der Waals surface area contributed by atoms with E-state index in [1.54, 1.807) is 11.0 Å². The average molecular weight is 355 g/mol. The van der Waals surface area contributed by atoms with Gasteiger partial charge in [-0.05, 0) is 37.9 Å². The molecule has 2 heterocycles. The summed E-state index contributed by atoms with van der Waals surface area (Å²) in [6.07, 6.45) is 9.61. The first-order valence-corrected chi connectivity index (χ1v) is 9.71. The Morgan fingerprint density at radius 3 is 2.58 bits per heavy atom. The number of carbonyl (C=O) groups is 1. The lowest BCUT2D eigenvalue weighted by Crippen LogP contribution is -2.38. The fraction of sp³-hybridized carbons (Fsp3) is 0.550. The van der Waals surface area contributed by atoms with Crippen molar-refractivity contribution in [3.05, 3.63) is 48.5 Å². The van der Waals surface area contributed by atoms with Gasteiger partial charge < -0.3 is 5.32 Å². The number of nitrogens with zero attached hydrogens (tertiary/aromatic N) is 4. The number of carbonyl (C=O) groups excluding carboxylic acids is 1. The van der Waals surface area contributed by atoms with Crippen molar-refractivity contribution >= 4 is 5.91 Å². The van der Waals surface area contributed by atoms with Crippen LogP contribution in [-0.2, 0) is 11.3 Å². The van der Waals surface area contributed by atoms with E-state index in [2.05, 4.69) is 44.6 Å². The summed E-state index contributed by atoms with van der Waals surface area (Å²) in [5, 5.41) is 7.22. The Morgan fingerprint density at radius 1 is 1.12 bits per heavy atom. The maximum Gasteiger partial charge on any atom is 0.220 e. The third-order valence-electron chi connectivity index (χ3n) is 5.02. The molecular weight excluding hydrogens is 326 g/mol. The molecule has 1 atom stereocenters. The van der Waals surface area contributed by atoms with Crippen molar-refractivity contribution in [2.75, 3.05) is 19.6 Å². The first kappa shape index (κ1) is 18.6. The zero-order chi connectivity index (χ0) is 18.0. The first-order valence-electron chi connectivity index (χ1n) is 9.71. The minimum atomic E-state index is 0.112. The molecule has 0 bridgehead atoms. The van der Waals surface area contributed by atoms with Gasteiger partial charge in [-0.2, -0.15) is 5.10 Å². The van der Waals surface area contributed by atoms with Crippen molar-refractivity contribution in [3.8, 4) is 0 Å². The maximum atomic E-state index is 12.3. The van der Waals surface area contributed by atoms with E-state index in [9.17, 15) is 4.79 Å². The fourth-order valence-electron chi connectivity index (χ4n) is 3.59. The van der Waals surface area contributed by atoms with Crippen LogP contribution in [0.3, 0.4) is 0 Å². The highest BCUT2D eigenvalue weighted by Crippen LogP contribution is 2.23. The molecule has 140 valence electrons. The van der Waals surface area contributed by atoms with Gasteiger partial charge in [0.25, 0.3) is 0 Å². The zero-order valence-corrected chi connectivity index (χ0v) is 15.4. The summed E-state index contributed by atoms with van der Waals surface area (Å²) >= 11 is 0. The van der Waals surface area contributed by atoms with Gasteiger partial charge >= 0.3 is 0 Å². The molecule has 0 spiro atoms. The van der Waals surface area contributed by atoms with Crippen LogP contribution in [-0.4, -0.2) is 45.2 Å². The van der Waals surface area contributed by atoms with Crippen LogP contribution in [0.2, 0.25) is 0 Å². The molecule has 0 aliphatic carbocycles. The van der Waals surface area contributed by atoms with E-state index in [1.165, 1.54) is 37.6 Å². The zero-order valence-electron chi connectivity index (χ0n) is 15.4. The van der Waals surface area contributed by atoms with Crippen LogP contribution in [0.5, 0.6) is 0 Å². The van der Waals surface area contributed by atoms with Gasteiger partial charge in [-0.1, -0.05) is 43.2 Å². The summed E-state index contributed by atoms with van der Waals surface area (Å²) in [5.74, 6) is 0.112. The number of hydrogen-bond acceptors (Lipinski definition) is 4. The molecule has 0 radical (unpaired) electrons. The average Bonchev–Trinajstić information content (AvgIpc) is 3.04.